The number of pyridine rings is 1. The van der Waals surface area contributed by atoms with Crippen LogP contribution in [0.3, 0.4) is 0 Å². The minimum absolute atomic E-state index is 0.261. The van der Waals surface area contributed by atoms with Crippen molar-refractivity contribution in [3.05, 3.63) is 42.1 Å². The molecule has 7 nitrogen and oxygen atoms in total. The molecule has 132 valence electrons. The highest BCUT2D eigenvalue weighted by molar-refractivity contribution is 6.04. The average Bonchev–Trinajstić information content (AvgIpc) is 2.52. The average molecular weight is 343 g/mol. The number of hydrogen-bond acceptors (Lipinski definition) is 5. The fourth-order valence-electron chi connectivity index (χ4n) is 2.13. The molecule has 2 N–H and O–H groups in total. The number of carbonyl (C=O) groups excluding carboxylic acids is 3. The number of hydrogen-bond donors (Lipinski definition) is 2. The maximum atomic E-state index is 12.3. The number of nitrogens with zero attached hydrogens (tertiary/aromatic N) is 1. The summed E-state index contributed by atoms with van der Waals surface area (Å²) in [5.74, 6) is -1.38. The Morgan fingerprint density at radius 2 is 1.80 bits per heavy atom. The summed E-state index contributed by atoms with van der Waals surface area (Å²) >= 11 is 0. The van der Waals surface area contributed by atoms with Crippen LogP contribution in [0.2, 0.25) is 0 Å². The first kappa shape index (κ1) is 18.4. The Balaban J connectivity index is 2.04. The molecule has 1 atom stereocenters. The van der Waals surface area contributed by atoms with Gasteiger partial charge in [-0.1, -0.05) is 18.2 Å². The molecule has 0 fully saturated rings. The first-order valence-corrected chi connectivity index (χ1v) is 7.85. The molecular weight excluding hydrogens is 322 g/mol. The van der Waals surface area contributed by atoms with Gasteiger partial charge < -0.3 is 10.1 Å². The Morgan fingerprint density at radius 3 is 2.48 bits per heavy atom. The highest BCUT2D eigenvalue weighted by atomic mass is 16.5. The van der Waals surface area contributed by atoms with E-state index in [-0.39, 0.29) is 5.56 Å². The first-order valence-electron chi connectivity index (χ1n) is 7.85. The lowest BCUT2D eigenvalue weighted by molar-refractivity contribution is -0.127. The van der Waals surface area contributed by atoms with E-state index >= 15 is 0 Å². The van der Waals surface area contributed by atoms with E-state index in [1.54, 1.807) is 45.2 Å². The van der Waals surface area contributed by atoms with Crippen molar-refractivity contribution in [1.82, 2.24) is 15.6 Å². The van der Waals surface area contributed by atoms with Gasteiger partial charge in [0.05, 0.1) is 11.1 Å². The van der Waals surface area contributed by atoms with Gasteiger partial charge in [0.15, 0.2) is 6.10 Å². The molecule has 1 aromatic carbocycles. The summed E-state index contributed by atoms with van der Waals surface area (Å²) in [5, 5.41) is 5.53. The van der Waals surface area contributed by atoms with Crippen LogP contribution in [0.25, 0.3) is 10.9 Å². The lowest BCUT2D eigenvalue weighted by Gasteiger charge is -2.21. The van der Waals surface area contributed by atoms with Crippen molar-refractivity contribution in [3.63, 3.8) is 0 Å². The number of ether oxygens (including phenoxy) is 1. The number of imide groups is 1. The van der Waals surface area contributed by atoms with Crippen LogP contribution in [-0.2, 0) is 9.53 Å². The van der Waals surface area contributed by atoms with Crippen LogP contribution in [0.4, 0.5) is 4.79 Å². The van der Waals surface area contributed by atoms with Gasteiger partial charge in [-0.15, -0.1) is 0 Å². The fourth-order valence-corrected chi connectivity index (χ4v) is 2.13. The number of aromatic nitrogens is 1. The molecule has 2 rings (SSSR count). The summed E-state index contributed by atoms with van der Waals surface area (Å²) in [4.78, 5) is 40.2. The Hall–Kier alpha value is -2.96. The van der Waals surface area contributed by atoms with Crippen molar-refractivity contribution >= 4 is 28.8 Å². The summed E-state index contributed by atoms with van der Waals surface area (Å²) in [6, 6.07) is 8.06. The maximum absolute atomic E-state index is 12.3. The van der Waals surface area contributed by atoms with Crippen LogP contribution in [0, 0.1) is 0 Å². The quantitative estimate of drug-likeness (QED) is 0.834. The van der Waals surface area contributed by atoms with E-state index in [0.29, 0.717) is 5.52 Å². The van der Waals surface area contributed by atoms with Crippen LogP contribution < -0.4 is 10.6 Å². The van der Waals surface area contributed by atoms with E-state index in [1.165, 1.54) is 6.92 Å². The van der Waals surface area contributed by atoms with E-state index < -0.39 is 29.6 Å². The second-order valence-electron chi connectivity index (χ2n) is 6.62. The number of carbonyl (C=O) groups is 3. The third-order valence-corrected chi connectivity index (χ3v) is 3.23. The molecule has 7 heteroatoms. The molecule has 0 saturated carbocycles. The standard InChI is InChI=1S/C18H21N3O4/c1-11(15(22)20-17(24)21-18(2,3)4)25-16(23)13-9-5-7-12-8-6-10-19-14(12)13/h5-11H,1-4H3,(H2,20,21,22,24)/t11-/m1/s1. The van der Waals surface area contributed by atoms with Crippen molar-refractivity contribution < 1.29 is 19.1 Å². The summed E-state index contributed by atoms with van der Waals surface area (Å²) in [6.07, 6.45) is 0.448. The fraction of sp³-hybridized carbons (Fsp3) is 0.333. The SMILES string of the molecule is C[C@@H](OC(=O)c1cccc2cccnc12)C(=O)NC(=O)NC(C)(C)C. The molecule has 25 heavy (non-hydrogen) atoms. The summed E-state index contributed by atoms with van der Waals surface area (Å²) in [6.45, 7) is 6.76. The Kier molecular flexibility index (Phi) is 5.36. The molecule has 0 aliphatic carbocycles. The second-order valence-corrected chi connectivity index (χ2v) is 6.62. The van der Waals surface area contributed by atoms with Crippen molar-refractivity contribution in [1.29, 1.82) is 0 Å². The molecular formula is C18H21N3O4. The van der Waals surface area contributed by atoms with Gasteiger partial charge in [-0.3, -0.25) is 15.1 Å². The molecule has 0 radical (unpaired) electrons. The third kappa shape index (κ3) is 5.00. The van der Waals surface area contributed by atoms with Gasteiger partial charge in [0.25, 0.3) is 5.91 Å². The van der Waals surface area contributed by atoms with Crippen molar-refractivity contribution in [3.8, 4) is 0 Å². The number of rotatable bonds is 3. The highest BCUT2D eigenvalue weighted by Crippen LogP contribution is 2.17. The number of amides is 3. The predicted octanol–water partition coefficient (Wildman–Crippen LogP) is 2.40. The van der Waals surface area contributed by atoms with Crippen LogP contribution in [0.5, 0.6) is 0 Å². The molecule has 3 amide bonds. The monoisotopic (exact) mass is 343 g/mol. The van der Waals surface area contributed by atoms with Crippen molar-refractivity contribution in [2.24, 2.45) is 0 Å². The molecule has 2 aromatic rings. The Labute approximate surface area is 145 Å². The molecule has 1 heterocycles. The summed E-state index contributed by atoms with van der Waals surface area (Å²) in [5.41, 5.74) is 0.267. The molecule has 0 unspecified atom stereocenters. The highest BCUT2D eigenvalue weighted by Gasteiger charge is 2.23. The number of nitrogens with one attached hydrogen (secondary N) is 2. The Morgan fingerprint density at radius 1 is 1.12 bits per heavy atom. The van der Waals surface area contributed by atoms with Crippen LogP contribution >= 0.6 is 0 Å². The van der Waals surface area contributed by atoms with Gasteiger partial charge >= 0.3 is 12.0 Å². The number of esters is 1. The van der Waals surface area contributed by atoms with Gasteiger partial charge in [-0.05, 0) is 39.8 Å². The molecule has 0 spiro atoms. The van der Waals surface area contributed by atoms with Crippen LogP contribution in [0.15, 0.2) is 36.5 Å². The Bertz CT molecular complexity index is 806. The molecule has 0 aliphatic rings. The van der Waals surface area contributed by atoms with E-state index in [1.807, 2.05) is 12.1 Å². The topological polar surface area (TPSA) is 97.4 Å². The molecule has 0 saturated heterocycles. The third-order valence-electron chi connectivity index (χ3n) is 3.23. The van der Waals surface area contributed by atoms with Gasteiger partial charge in [0, 0.05) is 17.1 Å². The van der Waals surface area contributed by atoms with Crippen molar-refractivity contribution in [2.75, 3.05) is 0 Å². The van der Waals surface area contributed by atoms with Crippen molar-refractivity contribution in [2.45, 2.75) is 39.3 Å². The van der Waals surface area contributed by atoms with Crippen LogP contribution in [0.1, 0.15) is 38.1 Å². The summed E-state index contributed by atoms with van der Waals surface area (Å²) in [7, 11) is 0. The number of benzene rings is 1. The van der Waals surface area contributed by atoms with Gasteiger partial charge in [0.1, 0.15) is 0 Å². The largest absolute Gasteiger partial charge is 0.449 e. The minimum Gasteiger partial charge on any atom is -0.449 e. The lowest BCUT2D eigenvalue weighted by atomic mass is 10.1. The van der Waals surface area contributed by atoms with Crippen LogP contribution in [-0.4, -0.2) is 34.5 Å². The van der Waals surface area contributed by atoms with E-state index in [4.69, 9.17) is 4.74 Å². The smallest absolute Gasteiger partial charge is 0.341 e. The van der Waals surface area contributed by atoms with Gasteiger partial charge in [0.2, 0.25) is 0 Å². The maximum Gasteiger partial charge on any atom is 0.341 e. The van der Waals surface area contributed by atoms with E-state index in [9.17, 15) is 14.4 Å². The number of urea groups is 1. The molecule has 0 aliphatic heterocycles. The van der Waals surface area contributed by atoms with Gasteiger partial charge in [-0.25, -0.2) is 9.59 Å². The summed E-state index contributed by atoms with van der Waals surface area (Å²) < 4.78 is 5.17. The number of para-hydroxylation sites is 1. The first-order chi connectivity index (χ1) is 11.7. The zero-order valence-corrected chi connectivity index (χ0v) is 14.6. The molecule has 0 bridgehead atoms. The minimum atomic E-state index is -1.13. The van der Waals surface area contributed by atoms with Gasteiger partial charge in [-0.2, -0.15) is 0 Å². The van der Waals surface area contributed by atoms with E-state index in [2.05, 4.69) is 15.6 Å². The second kappa shape index (κ2) is 7.29. The number of fused-ring (bicyclic) bond motifs is 1. The zero-order valence-electron chi connectivity index (χ0n) is 14.6. The zero-order chi connectivity index (χ0) is 18.6. The predicted molar refractivity (Wildman–Crippen MR) is 93.0 cm³/mol. The lowest BCUT2D eigenvalue weighted by Crippen LogP contribution is -2.50. The molecule has 1 aromatic heterocycles. The normalized spacial score (nSPS) is 12.3. The van der Waals surface area contributed by atoms with E-state index in [0.717, 1.165) is 5.39 Å².